The van der Waals surface area contributed by atoms with Crippen molar-refractivity contribution in [3.63, 3.8) is 0 Å². The van der Waals surface area contributed by atoms with Crippen molar-refractivity contribution in [2.45, 2.75) is 13.3 Å². The van der Waals surface area contributed by atoms with Crippen LogP contribution in [0.4, 0.5) is 0 Å². The maximum atomic E-state index is 5.28. The molecule has 5 heteroatoms. The SMILES string of the molecule is CCCOCCOCCOCCNP. The molecule has 4 nitrogen and oxygen atoms in total. The lowest BCUT2D eigenvalue weighted by Gasteiger charge is -2.05. The molecule has 0 aliphatic carbocycles. The van der Waals surface area contributed by atoms with E-state index in [9.17, 15) is 0 Å². The van der Waals surface area contributed by atoms with Crippen molar-refractivity contribution in [1.82, 2.24) is 5.09 Å². The van der Waals surface area contributed by atoms with Gasteiger partial charge in [-0.25, -0.2) is 0 Å². The molecule has 86 valence electrons. The summed E-state index contributed by atoms with van der Waals surface area (Å²) >= 11 is 0. The molecule has 0 radical (unpaired) electrons. The Morgan fingerprint density at radius 3 is 1.86 bits per heavy atom. The molecule has 1 unspecified atom stereocenters. The number of rotatable bonds is 11. The van der Waals surface area contributed by atoms with Crippen molar-refractivity contribution < 1.29 is 14.2 Å². The molecule has 1 atom stereocenters. The van der Waals surface area contributed by atoms with Crippen LogP contribution >= 0.6 is 9.39 Å². The first kappa shape index (κ1) is 14.3. The van der Waals surface area contributed by atoms with Crippen LogP contribution in [0.5, 0.6) is 0 Å². The predicted molar refractivity (Wildman–Crippen MR) is 60.5 cm³/mol. The largest absolute Gasteiger partial charge is 0.379 e. The van der Waals surface area contributed by atoms with Gasteiger partial charge in [0.25, 0.3) is 0 Å². The molecule has 0 spiro atoms. The molecule has 0 rings (SSSR count). The van der Waals surface area contributed by atoms with Gasteiger partial charge in [0.05, 0.1) is 33.0 Å². The van der Waals surface area contributed by atoms with Gasteiger partial charge >= 0.3 is 0 Å². The molecule has 1 N–H and O–H groups in total. The van der Waals surface area contributed by atoms with Crippen LogP contribution in [0.15, 0.2) is 0 Å². The lowest BCUT2D eigenvalue weighted by Crippen LogP contribution is -2.13. The van der Waals surface area contributed by atoms with Crippen LogP contribution in [-0.2, 0) is 14.2 Å². The van der Waals surface area contributed by atoms with E-state index >= 15 is 0 Å². The highest BCUT2D eigenvalue weighted by Crippen LogP contribution is 1.83. The van der Waals surface area contributed by atoms with Crippen LogP contribution in [0.2, 0.25) is 0 Å². The fourth-order valence-corrected chi connectivity index (χ4v) is 0.935. The van der Waals surface area contributed by atoms with Crippen LogP contribution in [0, 0.1) is 0 Å². The molecule has 0 saturated carbocycles. The van der Waals surface area contributed by atoms with Crippen LogP contribution < -0.4 is 5.09 Å². The van der Waals surface area contributed by atoms with Crippen LogP contribution in [0.3, 0.4) is 0 Å². The molecule has 0 amide bonds. The second-order valence-corrected chi connectivity index (χ2v) is 3.20. The van der Waals surface area contributed by atoms with E-state index in [0.29, 0.717) is 26.4 Å². The topological polar surface area (TPSA) is 39.7 Å². The monoisotopic (exact) mass is 223 g/mol. The van der Waals surface area contributed by atoms with Gasteiger partial charge in [-0.05, 0) is 6.42 Å². The van der Waals surface area contributed by atoms with Crippen LogP contribution in [0.25, 0.3) is 0 Å². The van der Waals surface area contributed by atoms with E-state index < -0.39 is 0 Å². The Morgan fingerprint density at radius 1 is 0.857 bits per heavy atom. The first-order valence-corrected chi connectivity index (χ1v) is 5.66. The van der Waals surface area contributed by atoms with Gasteiger partial charge in [0.2, 0.25) is 0 Å². The van der Waals surface area contributed by atoms with Crippen LogP contribution in [-0.4, -0.2) is 46.2 Å². The van der Waals surface area contributed by atoms with Crippen molar-refractivity contribution in [2.24, 2.45) is 0 Å². The summed E-state index contributed by atoms with van der Waals surface area (Å²) in [5, 5.41) is 2.92. The summed E-state index contributed by atoms with van der Waals surface area (Å²) in [6, 6.07) is 0. The van der Waals surface area contributed by atoms with Gasteiger partial charge in [0.15, 0.2) is 0 Å². The average Bonchev–Trinajstić information content (AvgIpc) is 2.21. The fraction of sp³-hybridized carbons (Fsp3) is 1.00. The Labute approximate surface area is 88.9 Å². The number of hydrogen-bond acceptors (Lipinski definition) is 4. The quantitative estimate of drug-likeness (QED) is 0.416. The molecule has 14 heavy (non-hydrogen) atoms. The molecular weight excluding hydrogens is 201 g/mol. The van der Waals surface area contributed by atoms with Gasteiger partial charge in [-0.15, -0.1) is 0 Å². The van der Waals surface area contributed by atoms with E-state index in [1.54, 1.807) is 0 Å². The zero-order valence-corrected chi connectivity index (χ0v) is 10.1. The second kappa shape index (κ2) is 13.3. The van der Waals surface area contributed by atoms with Crippen molar-refractivity contribution >= 4 is 9.39 Å². The van der Waals surface area contributed by atoms with E-state index in [1.807, 2.05) is 0 Å². The molecule has 0 bridgehead atoms. The molecule has 0 aliphatic rings. The third-order valence-electron chi connectivity index (χ3n) is 1.48. The number of nitrogens with one attached hydrogen (secondary N) is 1. The Hall–Kier alpha value is 0.270. The van der Waals surface area contributed by atoms with E-state index in [0.717, 1.165) is 26.2 Å². The highest BCUT2D eigenvalue weighted by molar-refractivity contribution is 7.13. The van der Waals surface area contributed by atoms with Gasteiger partial charge in [0.1, 0.15) is 0 Å². The molecule has 0 aliphatic heterocycles. The third-order valence-corrected chi connectivity index (χ3v) is 1.77. The second-order valence-electron chi connectivity index (χ2n) is 2.79. The Balaban J connectivity index is 2.78. The Bertz CT molecular complexity index is 94.1. The van der Waals surface area contributed by atoms with Gasteiger partial charge in [-0.2, -0.15) is 0 Å². The smallest absolute Gasteiger partial charge is 0.0701 e. The summed E-state index contributed by atoms with van der Waals surface area (Å²) < 4.78 is 15.8. The van der Waals surface area contributed by atoms with Gasteiger partial charge in [-0.1, -0.05) is 16.3 Å². The first-order valence-electron chi connectivity index (χ1n) is 5.08. The maximum Gasteiger partial charge on any atom is 0.0701 e. The minimum absolute atomic E-state index is 0.645. The van der Waals surface area contributed by atoms with Gasteiger partial charge in [-0.3, -0.25) is 5.09 Å². The molecule has 0 heterocycles. The summed E-state index contributed by atoms with van der Waals surface area (Å²) in [7, 11) is 2.43. The predicted octanol–water partition coefficient (Wildman–Crippen LogP) is 0.826. The summed E-state index contributed by atoms with van der Waals surface area (Å²) in [6.07, 6.45) is 1.06. The maximum absolute atomic E-state index is 5.28. The van der Waals surface area contributed by atoms with E-state index in [2.05, 4.69) is 21.4 Å². The van der Waals surface area contributed by atoms with Crippen LogP contribution in [0.1, 0.15) is 13.3 Å². The van der Waals surface area contributed by atoms with Gasteiger partial charge in [0, 0.05) is 13.2 Å². The first-order chi connectivity index (χ1) is 6.91. The van der Waals surface area contributed by atoms with E-state index in [1.165, 1.54) is 0 Å². The Morgan fingerprint density at radius 2 is 1.36 bits per heavy atom. The Kier molecular flexibility index (Phi) is 13.5. The average molecular weight is 223 g/mol. The zero-order chi connectivity index (χ0) is 10.5. The minimum atomic E-state index is 0.645. The molecule has 0 aromatic rings. The highest BCUT2D eigenvalue weighted by atomic mass is 31.0. The number of hydrogen-bond donors (Lipinski definition) is 1. The fourth-order valence-electron chi connectivity index (χ4n) is 0.817. The van der Waals surface area contributed by atoms with Crippen molar-refractivity contribution in [2.75, 3.05) is 46.2 Å². The third kappa shape index (κ3) is 12.3. The lowest BCUT2D eigenvalue weighted by molar-refractivity contribution is 0.0158. The number of ether oxygens (including phenoxy) is 3. The lowest BCUT2D eigenvalue weighted by atomic mass is 10.5. The highest BCUT2D eigenvalue weighted by Gasteiger charge is 1.90. The molecular formula is C9H22NO3P. The molecule has 0 aromatic carbocycles. The summed E-state index contributed by atoms with van der Waals surface area (Å²) in [5.74, 6) is 0. The van der Waals surface area contributed by atoms with E-state index in [-0.39, 0.29) is 0 Å². The molecule has 0 saturated heterocycles. The summed E-state index contributed by atoms with van der Waals surface area (Å²) in [6.45, 7) is 7.12. The molecule has 0 aromatic heterocycles. The van der Waals surface area contributed by atoms with Crippen molar-refractivity contribution in [3.8, 4) is 0 Å². The normalized spacial score (nSPS) is 10.7. The zero-order valence-electron chi connectivity index (χ0n) is 8.96. The minimum Gasteiger partial charge on any atom is -0.379 e. The standard InChI is InChI=1S/C9H22NO3P/c1-2-4-11-6-8-13-9-7-12-5-3-10-14/h10H,2-9,14H2,1H3. The van der Waals surface area contributed by atoms with E-state index in [4.69, 9.17) is 14.2 Å². The molecule has 0 fully saturated rings. The van der Waals surface area contributed by atoms with Gasteiger partial charge < -0.3 is 14.2 Å². The van der Waals surface area contributed by atoms with Crippen molar-refractivity contribution in [3.05, 3.63) is 0 Å². The summed E-state index contributed by atoms with van der Waals surface area (Å²) in [5.41, 5.74) is 0. The summed E-state index contributed by atoms with van der Waals surface area (Å²) in [4.78, 5) is 0. The van der Waals surface area contributed by atoms with Crippen molar-refractivity contribution in [1.29, 1.82) is 0 Å².